The lowest BCUT2D eigenvalue weighted by Crippen LogP contribution is -2.30. The molecular weight excluding hydrogens is 467 g/mol. The summed E-state index contributed by atoms with van der Waals surface area (Å²) in [6.07, 6.45) is 1.28. The number of nitrogens with zero attached hydrogens (tertiary/aromatic N) is 2. The Bertz CT molecular complexity index is 1160. The van der Waals surface area contributed by atoms with E-state index in [1.54, 1.807) is 30.3 Å². The highest BCUT2D eigenvalue weighted by Crippen LogP contribution is 2.26. The molecule has 1 aromatic heterocycles. The molecule has 0 aliphatic heterocycles. The number of ether oxygens (including phenoxy) is 1. The molecule has 0 saturated carbocycles. The normalized spacial score (nSPS) is 10.6. The molecule has 9 nitrogen and oxygen atoms in total. The van der Waals surface area contributed by atoms with Crippen LogP contribution in [0.15, 0.2) is 48.8 Å². The third-order valence-electron chi connectivity index (χ3n) is 4.29. The van der Waals surface area contributed by atoms with Crippen molar-refractivity contribution in [2.24, 2.45) is 5.92 Å². The third kappa shape index (κ3) is 6.47. The van der Waals surface area contributed by atoms with Crippen molar-refractivity contribution < 1.29 is 14.3 Å². The van der Waals surface area contributed by atoms with E-state index < -0.39 is 5.91 Å². The highest BCUT2D eigenvalue weighted by atomic mass is 35.5. The van der Waals surface area contributed by atoms with Crippen molar-refractivity contribution in [3.8, 4) is 0 Å². The van der Waals surface area contributed by atoms with E-state index >= 15 is 0 Å². The molecule has 0 saturated heterocycles. The maximum Gasteiger partial charge on any atom is 0.338 e. The first-order chi connectivity index (χ1) is 15.7. The van der Waals surface area contributed by atoms with Crippen molar-refractivity contribution in [3.05, 3.63) is 70.0 Å². The Labute approximate surface area is 200 Å². The summed E-state index contributed by atoms with van der Waals surface area (Å²) in [5, 5.41) is 3.67. The standard InChI is InChI=1S/C22H22Cl2N6O3/c1-12(2)10-33-22(32)13-3-6-15(7-4-13)28-19-18(25)20(27-11-26-19)29-30-21(31)16-8-5-14(23)9-17(16)24/h3-9,11-12H,10,25H2,1-2H3,(H,30,31)(H2,26,27,28,29). The Kier molecular flexibility index (Phi) is 7.92. The van der Waals surface area contributed by atoms with Crippen LogP contribution >= 0.6 is 23.2 Å². The zero-order valence-electron chi connectivity index (χ0n) is 17.9. The predicted molar refractivity (Wildman–Crippen MR) is 129 cm³/mol. The van der Waals surface area contributed by atoms with Crippen molar-refractivity contribution in [3.63, 3.8) is 0 Å². The summed E-state index contributed by atoms with van der Waals surface area (Å²) in [7, 11) is 0. The third-order valence-corrected chi connectivity index (χ3v) is 4.83. The number of aromatic nitrogens is 2. The van der Waals surface area contributed by atoms with Crippen LogP contribution in [0.2, 0.25) is 10.0 Å². The predicted octanol–water partition coefficient (Wildman–Crippen LogP) is 4.68. The van der Waals surface area contributed by atoms with Gasteiger partial charge in [-0.3, -0.25) is 15.6 Å². The lowest BCUT2D eigenvalue weighted by Gasteiger charge is -2.14. The number of nitrogens with one attached hydrogen (secondary N) is 3. The molecule has 0 atom stereocenters. The van der Waals surface area contributed by atoms with Crippen LogP contribution in [0.25, 0.3) is 0 Å². The van der Waals surface area contributed by atoms with Gasteiger partial charge in [0.2, 0.25) is 0 Å². The molecule has 33 heavy (non-hydrogen) atoms. The van der Waals surface area contributed by atoms with Gasteiger partial charge in [-0.2, -0.15) is 0 Å². The number of benzene rings is 2. The van der Waals surface area contributed by atoms with E-state index in [0.29, 0.717) is 28.7 Å². The van der Waals surface area contributed by atoms with Crippen LogP contribution in [0.3, 0.4) is 0 Å². The Morgan fingerprint density at radius 1 is 1.06 bits per heavy atom. The average Bonchev–Trinajstić information content (AvgIpc) is 2.78. The Morgan fingerprint density at radius 2 is 1.76 bits per heavy atom. The fourth-order valence-corrected chi connectivity index (χ4v) is 3.10. The number of carbonyl (C=O) groups excluding carboxylic acids is 2. The molecule has 0 aliphatic carbocycles. The van der Waals surface area contributed by atoms with Gasteiger partial charge in [-0.1, -0.05) is 37.0 Å². The summed E-state index contributed by atoms with van der Waals surface area (Å²) in [5.74, 6) is -0.142. The molecule has 1 amide bonds. The number of carbonyl (C=O) groups is 2. The van der Waals surface area contributed by atoms with E-state index in [0.717, 1.165) is 0 Å². The largest absolute Gasteiger partial charge is 0.462 e. The minimum atomic E-state index is -0.496. The Hall–Kier alpha value is -3.56. The molecule has 5 N–H and O–H groups in total. The summed E-state index contributed by atoms with van der Waals surface area (Å²) in [5.41, 5.74) is 12.7. The van der Waals surface area contributed by atoms with Gasteiger partial charge in [-0.05, 0) is 48.4 Å². The molecule has 0 fully saturated rings. The second-order valence-corrected chi connectivity index (χ2v) is 8.23. The molecule has 0 spiro atoms. The molecule has 0 unspecified atom stereocenters. The summed E-state index contributed by atoms with van der Waals surface area (Å²) in [6, 6.07) is 11.2. The molecular formula is C22H22Cl2N6O3. The smallest absolute Gasteiger partial charge is 0.338 e. The molecule has 172 valence electrons. The second-order valence-electron chi connectivity index (χ2n) is 7.38. The van der Waals surface area contributed by atoms with E-state index in [4.69, 9.17) is 33.7 Å². The van der Waals surface area contributed by atoms with Crippen LogP contribution in [-0.2, 0) is 4.74 Å². The number of halogens is 2. The van der Waals surface area contributed by atoms with Crippen LogP contribution in [-0.4, -0.2) is 28.5 Å². The zero-order chi connectivity index (χ0) is 24.0. The fraction of sp³-hybridized carbons (Fsp3) is 0.182. The van der Waals surface area contributed by atoms with Crippen LogP contribution in [0.4, 0.5) is 23.0 Å². The number of hydrogen-bond acceptors (Lipinski definition) is 8. The summed E-state index contributed by atoms with van der Waals surface area (Å²) in [6.45, 7) is 4.29. The number of nitrogens with two attached hydrogens (primary N) is 1. The lowest BCUT2D eigenvalue weighted by molar-refractivity contribution is 0.0459. The molecule has 3 aromatic rings. The van der Waals surface area contributed by atoms with E-state index in [9.17, 15) is 9.59 Å². The van der Waals surface area contributed by atoms with Gasteiger partial charge < -0.3 is 15.8 Å². The maximum absolute atomic E-state index is 12.4. The van der Waals surface area contributed by atoms with Crippen molar-refractivity contribution in [2.45, 2.75) is 13.8 Å². The van der Waals surface area contributed by atoms with Crippen LogP contribution in [0.5, 0.6) is 0 Å². The zero-order valence-corrected chi connectivity index (χ0v) is 19.4. The van der Waals surface area contributed by atoms with E-state index in [2.05, 4.69) is 26.1 Å². The van der Waals surface area contributed by atoms with Crippen LogP contribution in [0, 0.1) is 5.92 Å². The molecule has 2 aromatic carbocycles. The molecule has 3 rings (SSSR count). The number of anilines is 4. The first-order valence-corrected chi connectivity index (χ1v) is 10.7. The van der Waals surface area contributed by atoms with Gasteiger partial charge >= 0.3 is 5.97 Å². The van der Waals surface area contributed by atoms with E-state index in [-0.39, 0.29) is 34.0 Å². The fourth-order valence-electron chi connectivity index (χ4n) is 2.60. The van der Waals surface area contributed by atoms with Gasteiger partial charge in [0.25, 0.3) is 5.91 Å². The molecule has 0 radical (unpaired) electrons. The number of rotatable bonds is 8. The quantitative estimate of drug-likeness (QED) is 0.265. The minimum Gasteiger partial charge on any atom is -0.462 e. The first-order valence-electron chi connectivity index (χ1n) is 9.90. The maximum atomic E-state index is 12.4. The molecule has 1 heterocycles. The molecule has 0 bridgehead atoms. The highest BCUT2D eigenvalue weighted by molar-refractivity contribution is 6.36. The SMILES string of the molecule is CC(C)COC(=O)c1ccc(Nc2ncnc(NNC(=O)c3ccc(Cl)cc3Cl)c2N)cc1. The summed E-state index contributed by atoms with van der Waals surface area (Å²) in [4.78, 5) is 32.6. The summed E-state index contributed by atoms with van der Waals surface area (Å²) >= 11 is 11.9. The van der Waals surface area contributed by atoms with Gasteiger partial charge in [-0.15, -0.1) is 0 Å². The average molecular weight is 489 g/mol. The van der Waals surface area contributed by atoms with Crippen LogP contribution < -0.4 is 21.9 Å². The first kappa shape index (κ1) is 24.1. The molecule has 0 aliphatic rings. The number of amides is 1. The monoisotopic (exact) mass is 488 g/mol. The van der Waals surface area contributed by atoms with E-state index in [1.807, 2.05) is 13.8 Å². The van der Waals surface area contributed by atoms with Gasteiger partial charge in [0.05, 0.1) is 22.8 Å². The van der Waals surface area contributed by atoms with Crippen molar-refractivity contribution in [1.82, 2.24) is 15.4 Å². The van der Waals surface area contributed by atoms with Crippen LogP contribution in [0.1, 0.15) is 34.6 Å². The van der Waals surface area contributed by atoms with Crippen molar-refractivity contribution in [2.75, 3.05) is 23.1 Å². The Balaban J connectivity index is 1.65. The number of hydrogen-bond donors (Lipinski definition) is 4. The topological polar surface area (TPSA) is 131 Å². The van der Waals surface area contributed by atoms with Crippen molar-refractivity contribution >= 4 is 58.1 Å². The van der Waals surface area contributed by atoms with Crippen molar-refractivity contribution in [1.29, 1.82) is 0 Å². The van der Waals surface area contributed by atoms with Gasteiger partial charge in [0.1, 0.15) is 12.0 Å². The number of nitrogen functional groups attached to an aromatic ring is 1. The Morgan fingerprint density at radius 3 is 2.42 bits per heavy atom. The second kappa shape index (κ2) is 10.8. The van der Waals surface area contributed by atoms with Gasteiger partial charge in [0, 0.05) is 10.7 Å². The number of esters is 1. The summed E-state index contributed by atoms with van der Waals surface area (Å²) < 4.78 is 5.22. The molecule has 11 heteroatoms. The number of hydrazine groups is 1. The van der Waals surface area contributed by atoms with Gasteiger partial charge in [-0.25, -0.2) is 14.8 Å². The van der Waals surface area contributed by atoms with E-state index in [1.165, 1.54) is 18.5 Å². The lowest BCUT2D eigenvalue weighted by atomic mass is 10.2. The van der Waals surface area contributed by atoms with Gasteiger partial charge in [0.15, 0.2) is 11.6 Å². The highest BCUT2D eigenvalue weighted by Gasteiger charge is 2.14. The minimum absolute atomic E-state index is 0.167.